The summed E-state index contributed by atoms with van der Waals surface area (Å²) in [6, 6.07) is 11.4. The Hall–Kier alpha value is -0.860. The second kappa shape index (κ2) is 6.28. The topological polar surface area (TPSA) is 32.3 Å². The van der Waals surface area contributed by atoms with Gasteiger partial charge in [-0.2, -0.15) is 0 Å². The monoisotopic (exact) mass is 273 g/mol. The van der Waals surface area contributed by atoms with Gasteiger partial charge in [-0.15, -0.1) is 0 Å². The van der Waals surface area contributed by atoms with Crippen LogP contribution in [0, 0.1) is 0 Å². The van der Waals surface area contributed by atoms with Gasteiger partial charge in [0.2, 0.25) is 0 Å². The third-order valence-corrected chi connectivity index (χ3v) is 5.22. The fourth-order valence-corrected chi connectivity index (χ4v) is 4.01. The average molecular weight is 273 g/mol. The SMILES string of the molecule is OC1(CNC2CCCCC2c2ccccc2)CCCC1. The van der Waals surface area contributed by atoms with Crippen molar-refractivity contribution in [3.63, 3.8) is 0 Å². The van der Waals surface area contributed by atoms with E-state index in [0.717, 1.165) is 19.4 Å². The largest absolute Gasteiger partial charge is 0.389 e. The van der Waals surface area contributed by atoms with E-state index in [4.69, 9.17) is 0 Å². The van der Waals surface area contributed by atoms with Gasteiger partial charge in [0.25, 0.3) is 0 Å². The fourth-order valence-electron chi connectivity index (χ4n) is 4.01. The van der Waals surface area contributed by atoms with E-state index >= 15 is 0 Å². The maximum atomic E-state index is 10.5. The van der Waals surface area contributed by atoms with Crippen LogP contribution in [0.2, 0.25) is 0 Å². The summed E-state index contributed by atoms with van der Waals surface area (Å²) in [5.41, 5.74) is 1.03. The first-order valence-electron chi connectivity index (χ1n) is 8.28. The number of nitrogens with one attached hydrogen (secondary N) is 1. The van der Waals surface area contributed by atoms with E-state index in [-0.39, 0.29) is 0 Å². The molecule has 2 heteroatoms. The molecule has 0 saturated heterocycles. The molecule has 2 unspecified atom stereocenters. The summed E-state index contributed by atoms with van der Waals surface area (Å²) in [5.74, 6) is 0.620. The van der Waals surface area contributed by atoms with E-state index in [0.29, 0.717) is 12.0 Å². The molecule has 2 fully saturated rings. The molecule has 0 aromatic heterocycles. The summed E-state index contributed by atoms with van der Waals surface area (Å²) in [7, 11) is 0. The Labute approximate surface area is 122 Å². The Bertz CT molecular complexity index is 411. The highest BCUT2D eigenvalue weighted by Crippen LogP contribution is 2.34. The quantitative estimate of drug-likeness (QED) is 0.878. The molecule has 2 nitrogen and oxygen atoms in total. The third-order valence-electron chi connectivity index (χ3n) is 5.22. The first kappa shape index (κ1) is 14.1. The van der Waals surface area contributed by atoms with Crippen LogP contribution in [0.3, 0.4) is 0 Å². The van der Waals surface area contributed by atoms with Crippen molar-refractivity contribution in [2.24, 2.45) is 0 Å². The maximum absolute atomic E-state index is 10.5. The van der Waals surface area contributed by atoms with Crippen molar-refractivity contribution in [3.05, 3.63) is 35.9 Å². The van der Waals surface area contributed by atoms with Crippen molar-refractivity contribution in [3.8, 4) is 0 Å². The van der Waals surface area contributed by atoms with Crippen molar-refractivity contribution in [1.82, 2.24) is 5.32 Å². The maximum Gasteiger partial charge on any atom is 0.0771 e. The van der Waals surface area contributed by atoms with Crippen LogP contribution >= 0.6 is 0 Å². The third kappa shape index (κ3) is 3.24. The van der Waals surface area contributed by atoms with Crippen molar-refractivity contribution in [2.45, 2.75) is 68.9 Å². The van der Waals surface area contributed by atoms with Crippen molar-refractivity contribution >= 4 is 0 Å². The van der Waals surface area contributed by atoms with Crippen LogP contribution in [0.5, 0.6) is 0 Å². The Morgan fingerprint density at radius 3 is 2.45 bits per heavy atom. The number of rotatable bonds is 4. The fraction of sp³-hybridized carbons (Fsp3) is 0.667. The van der Waals surface area contributed by atoms with Gasteiger partial charge in [0.15, 0.2) is 0 Å². The standard InChI is InChI=1S/C18H27NO/c20-18(12-6-7-13-18)14-19-17-11-5-4-10-16(17)15-8-2-1-3-9-15/h1-3,8-9,16-17,19-20H,4-7,10-14H2. The van der Waals surface area contributed by atoms with Gasteiger partial charge in [-0.1, -0.05) is 56.0 Å². The molecule has 3 rings (SSSR count). The van der Waals surface area contributed by atoms with Gasteiger partial charge >= 0.3 is 0 Å². The smallest absolute Gasteiger partial charge is 0.0771 e. The second-order valence-electron chi connectivity index (χ2n) is 6.72. The Kier molecular flexibility index (Phi) is 4.42. The van der Waals surface area contributed by atoms with Crippen molar-refractivity contribution in [2.75, 3.05) is 6.54 Å². The highest BCUT2D eigenvalue weighted by atomic mass is 16.3. The first-order chi connectivity index (χ1) is 9.77. The lowest BCUT2D eigenvalue weighted by molar-refractivity contribution is 0.0424. The lowest BCUT2D eigenvalue weighted by Crippen LogP contribution is -2.46. The number of benzene rings is 1. The van der Waals surface area contributed by atoms with E-state index in [2.05, 4.69) is 35.6 Å². The Balaban J connectivity index is 1.63. The van der Waals surface area contributed by atoms with E-state index in [1.54, 1.807) is 0 Å². The summed E-state index contributed by atoms with van der Waals surface area (Å²) in [6.07, 6.45) is 9.50. The summed E-state index contributed by atoms with van der Waals surface area (Å²) in [6.45, 7) is 0.779. The zero-order valence-corrected chi connectivity index (χ0v) is 12.4. The zero-order chi connectivity index (χ0) is 13.8. The van der Waals surface area contributed by atoms with Crippen LogP contribution < -0.4 is 5.32 Å². The molecule has 0 heterocycles. The van der Waals surface area contributed by atoms with E-state index < -0.39 is 5.60 Å². The van der Waals surface area contributed by atoms with Gasteiger partial charge in [-0.05, 0) is 37.2 Å². The van der Waals surface area contributed by atoms with Crippen LogP contribution in [-0.4, -0.2) is 23.3 Å². The van der Waals surface area contributed by atoms with Gasteiger partial charge in [0, 0.05) is 12.6 Å². The first-order valence-corrected chi connectivity index (χ1v) is 8.28. The molecular weight excluding hydrogens is 246 g/mol. The molecule has 0 aliphatic heterocycles. The molecule has 2 saturated carbocycles. The number of hydrogen-bond acceptors (Lipinski definition) is 2. The predicted molar refractivity (Wildman–Crippen MR) is 82.9 cm³/mol. The molecule has 1 aromatic carbocycles. The minimum absolute atomic E-state index is 0.432. The molecule has 2 aliphatic rings. The van der Waals surface area contributed by atoms with E-state index in [1.165, 1.54) is 44.1 Å². The van der Waals surface area contributed by atoms with Gasteiger partial charge in [0.05, 0.1) is 5.60 Å². The lowest BCUT2D eigenvalue weighted by atomic mass is 9.79. The highest BCUT2D eigenvalue weighted by molar-refractivity contribution is 5.22. The summed E-state index contributed by atoms with van der Waals surface area (Å²) >= 11 is 0. The number of hydrogen-bond donors (Lipinski definition) is 2. The zero-order valence-electron chi connectivity index (χ0n) is 12.4. The van der Waals surface area contributed by atoms with Gasteiger partial charge in [0.1, 0.15) is 0 Å². The molecule has 0 spiro atoms. The molecule has 0 radical (unpaired) electrons. The minimum Gasteiger partial charge on any atom is -0.389 e. The summed E-state index contributed by atoms with van der Waals surface area (Å²) < 4.78 is 0. The molecule has 2 aliphatic carbocycles. The van der Waals surface area contributed by atoms with E-state index in [1.807, 2.05) is 0 Å². The van der Waals surface area contributed by atoms with Crippen LogP contribution in [0.15, 0.2) is 30.3 Å². The van der Waals surface area contributed by atoms with Crippen LogP contribution in [-0.2, 0) is 0 Å². The van der Waals surface area contributed by atoms with Gasteiger partial charge < -0.3 is 10.4 Å². The molecule has 1 aromatic rings. The molecule has 2 N–H and O–H groups in total. The van der Waals surface area contributed by atoms with Crippen LogP contribution in [0.25, 0.3) is 0 Å². The van der Waals surface area contributed by atoms with Crippen molar-refractivity contribution < 1.29 is 5.11 Å². The summed E-state index contributed by atoms with van der Waals surface area (Å²) in [5, 5.41) is 14.2. The second-order valence-corrected chi connectivity index (χ2v) is 6.72. The van der Waals surface area contributed by atoms with Crippen LogP contribution in [0.4, 0.5) is 0 Å². The summed E-state index contributed by atoms with van der Waals surface area (Å²) in [4.78, 5) is 0. The molecule has 20 heavy (non-hydrogen) atoms. The Morgan fingerprint density at radius 1 is 1.00 bits per heavy atom. The molecule has 2 atom stereocenters. The van der Waals surface area contributed by atoms with E-state index in [9.17, 15) is 5.11 Å². The molecule has 0 bridgehead atoms. The normalized spacial score (nSPS) is 29.4. The van der Waals surface area contributed by atoms with Crippen molar-refractivity contribution in [1.29, 1.82) is 0 Å². The minimum atomic E-state index is -0.432. The highest BCUT2D eigenvalue weighted by Gasteiger charge is 2.33. The predicted octanol–water partition coefficient (Wildman–Crippen LogP) is 3.61. The lowest BCUT2D eigenvalue weighted by Gasteiger charge is -2.35. The van der Waals surface area contributed by atoms with Crippen LogP contribution in [0.1, 0.15) is 62.8 Å². The Morgan fingerprint density at radius 2 is 1.70 bits per heavy atom. The van der Waals surface area contributed by atoms with Gasteiger partial charge in [-0.3, -0.25) is 0 Å². The average Bonchev–Trinajstić information content (AvgIpc) is 2.94. The molecular formula is C18H27NO. The molecule has 0 amide bonds. The molecule has 110 valence electrons. The number of aliphatic hydroxyl groups is 1. The van der Waals surface area contributed by atoms with Gasteiger partial charge in [-0.25, -0.2) is 0 Å².